The number of carbonyl (C=O) groups is 3. The monoisotopic (exact) mass is 488 g/mol. The van der Waals surface area contributed by atoms with E-state index in [0.29, 0.717) is 26.3 Å². The van der Waals surface area contributed by atoms with E-state index in [1.54, 1.807) is 48.5 Å². The Bertz CT molecular complexity index is 1200. The molecule has 0 fully saturated rings. The molecule has 10 heteroatoms. The number of amides is 3. The van der Waals surface area contributed by atoms with Crippen molar-refractivity contribution in [1.29, 1.82) is 0 Å². The molecule has 0 radical (unpaired) electrons. The molecule has 3 amide bonds. The minimum absolute atomic E-state index is 0.156. The van der Waals surface area contributed by atoms with Crippen LogP contribution in [0.25, 0.3) is 0 Å². The van der Waals surface area contributed by atoms with Crippen LogP contribution in [-0.4, -0.2) is 23.9 Å². The minimum atomic E-state index is -1.03. The average molecular weight is 490 g/mol. The summed E-state index contributed by atoms with van der Waals surface area (Å²) in [7, 11) is 0. The fraction of sp³-hybridized carbons (Fsp3) is 0. The Kier molecular flexibility index (Phi) is 7.83. The largest absolute Gasteiger partial charge is 0.329 e. The van der Waals surface area contributed by atoms with Crippen molar-refractivity contribution in [2.24, 2.45) is 5.10 Å². The number of anilines is 2. The van der Waals surface area contributed by atoms with Crippen LogP contribution in [0.1, 0.15) is 15.9 Å². The molecule has 3 rings (SSSR count). The Labute approximate surface area is 198 Å². The lowest BCUT2D eigenvalue weighted by Crippen LogP contribution is -2.33. The molecule has 0 heterocycles. The van der Waals surface area contributed by atoms with Crippen LogP contribution in [0.4, 0.5) is 11.4 Å². The van der Waals surface area contributed by atoms with Crippen LogP contribution in [0, 0.1) is 0 Å². The van der Waals surface area contributed by atoms with Crippen molar-refractivity contribution in [2.45, 2.75) is 0 Å². The number of para-hydroxylation sites is 1. The van der Waals surface area contributed by atoms with Gasteiger partial charge in [0.15, 0.2) is 0 Å². The fourth-order valence-electron chi connectivity index (χ4n) is 2.52. The maximum atomic E-state index is 12.6. The third-order valence-corrected chi connectivity index (χ3v) is 4.87. The zero-order valence-electron chi connectivity index (χ0n) is 16.2. The molecule has 0 atom stereocenters. The van der Waals surface area contributed by atoms with Gasteiger partial charge in [0.05, 0.1) is 22.5 Å². The van der Waals surface area contributed by atoms with E-state index in [4.69, 9.17) is 34.8 Å². The van der Waals surface area contributed by atoms with E-state index in [0.717, 1.165) is 0 Å². The van der Waals surface area contributed by atoms with Crippen molar-refractivity contribution in [3.63, 3.8) is 0 Å². The van der Waals surface area contributed by atoms with Crippen LogP contribution in [-0.2, 0) is 9.59 Å². The average Bonchev–Trinajstić information content (AvgIpc) is 2.77. The van der Waals surface area contributed by atoms with Crippen molar-refractivity contribution in [1.82, 2.24) is 5.43 Å². The van der Waals surface area contributed by atoms with Gasteiger partial charge in [-0.1, -0.05) is 53.0 Å². The number of rotatable bonds is 5. The molecule has 0 aliphatic rings. The van der Waals surface area contributed by atoms with Gasteiger partial charge < -0.3 is 10.6 Å². The fourth-order valence-corrected chi connectivity index (χ4v) is 3.10. The lowest BCUT2D eigenvalue weighted by atomic mass is 10.1. The van der Waals surface area contributed by atoms with Crippen LogP contribution >= 0.6 is 34.8 Å². The Hall–Kier alpha value is -3.39. The van der Waals surface area contributed by atoms with Crippen LogP contribution in [0.2, 0.25) is 15.1 Å². The number of benzene rings is 3. The van der Waals surface area contributed by atoms with E-state index in [1.807, 2.05) is 0 Å². The summed E-state index contributed by atoms with van der Waals surface area (Å²) in [6, 6.07) is 17.5. The number of halogens is 3. The number of nitrogens with one attached hydrogen (secondary N) is 3. The van der Waals surface area contributed by atoms with Crippen LogP contribution in [0.3, 0.4) is 0 Å². The zero-order chi connectivity index (χ0) is 23.1. The Morgan fingerprint density at radius 2 is 1.47 bits per heavy atom. The molecule has 32 heavy (non-hydrogen) atoms. The van der Waals surface area contributed by atoms with E-state index in [2.05, 4.69) is 21.2 Å². The predicted molar refractivity (Wildman–Crippen MR) is 127 cm³/mol. The maximum absolute atomic E-state index is 12.6. The smallest absolute Gasteiger partial charge is 0.322 e. The first-order chi connectivity index (χ1) is 15.3. The molecular weight excluding hydrogens is 475 g/mol. The first-order valence-electron chi connectivity index (χ1n) is 9.09. The van der Waals surface area contributed by atoms with Gasteiger partial charge in [-0.3, -0.25) is 14.4 Å². The first kappa shape index (κ1) is 23.3. The van der Waals surface area contributed by atoms with E-state index < -0.39 is 17.7 Å². The van der Waals surface area contributed by atoms with E-state index in [-0.39, 0.29) is 11.3 Å². The number of carbonyl (C=O) groups excluding carboxylic acids is 3. The number of hydrogen-bond acceptors (Lipinski definition) is 4. The third-order valence-electron chi connectivity index (χ3n) is 4.06. The molecule has 0 saturated heterocycles. The summed E-state index contributed by atoms with van der Waals surface area (Å²) in [5.74, 6) is -2.51. The molecule has 0 saturated carbocycles. The lowest BCUT2D eigenvalue weighted by molar-refractivity contribution is -0.136. The second-order valence-electron chi connectivity index (χ2n) is 6.33. The molecule has 0 aliphatic heterocycles. The van der Waals surface area contributed by atoms with E-state index in [1.165, 1.54) is 24.4 Å². The zero-order valence-corrected chi connectivity index (χ0v) is 18.5. The summed E-state index contributed by atoms with van der Waals surface area (Å²) in [4.78, 5) is 36.9. The molecule has 0 spiro atoms. The van der Waals surface area contributed by atoms with Crippen molar-refractivity contribution < 1.29 is 14.4 Å². The lowest BCUT2D eigenvalue weighted by Gasteiger charge is -2.11. The standard InChI is InChI=1S/C22H15Cl3N4O3/c23-14-7-9-16(10-8-14)27-20(30)17-3-1-2-4-19(17)28-21(31)22(32)29-26-12-13-5-6-15(24)11-18(13)25/h1-12H,(H,27,30)(H,28,31)(H,29,32)/b26-12-. The molecule has 0 unspecified atom stereocenters. The van der Waals surface area contributed by atoms with Gasteiger partial charge in [0, 0.05) is 21.3 Å². The van der Waals surface area contributed by atoms with Gasteiger partial charge in [0.25, 0.3) is 5.91 Å². The Morgan fingerprint density at radius 1 is 0.781 bits per heavy atom. The van der Waals surface area contributed by atoms with Crippen molar-refractivity contribution in [3.05, 3.63) is 92.9 Å². The molecule has 0 aliphatic carbocycles. The molecular formula is C22H15Cl3N4O3. The van der Waals surface area contributed by atoms with Gasteiger partial charge in [0.2, 0.25) is 0 Å². The highest BCUT2D eigenvalue weighted by Gasteiger charge is 2.17. The summed E-state index contributed by atoms with van der Waals surface area (Å²) < 4.78 is 0. The Morgan fingerprint density at radius 3 is 2.19 bits per heavy atom. The summed E-state index contributed by atoms with van der Waals surface area (Å²) in [6.45, 7) is 0. The summed E-state index contributed by atoms with van der Waals surface area (Å²) in [6.07, 6.45) is 1.28. The molecule has 7 nitrogen and oxygen atoms in total. The van der Waals surface area contributed by atoms with Gasteiger partial charge in [-0.05, 0) is 48.5 Å². The van der Waals surface area contributed by atoms with Gasteiger partial charge in [-0.15, -0.1) is 0 Å². The van der Waals surface area contributed by atoms with Crippen LogP contribution in [0.15, 0.2) is 71.8 Å². The number of hydrazone groups is 1. The predicted octanol–water partition coefficient (Wildman–Crippen LogP) is 4.99. The highest BCUT2D eigenvalue weighted by molar-refractivity contribution is 6.40. The molecule has 3 N–H and O–H groups in total. The summed E-state index contributed by atoms with van der Waals surface area (Å²) in [5.41, 5.74) is 3.45. The van der Waals surface area contributed by atoms with E-state index in [9.17, 15) is 14.4 Å². The van der Waals surface area contributed by atoms with Gasteiger partial charge in [-0.25, -0.2) is 5.43 Å². The molecule has 3 aromatic rings. The van der Waals surface area contributed by atoms with Crippen molar-refractivity contribution in [2.75, 3.05) is 10.6 Å². The molecule has 0 bridgehead atoms. The molecule has 3 aromatic carbocycles. The highest BCUT2D eigenvalue weighted by atomic mass is 35.5. The number of nitrogens with zero attached hydrogens (tertiary/aromatic N) is 1. The summed E-state index contributed by atoms with van der Waals surface area (Å²) >= 11 is 17.7. The van der Waals surface area contributed by atoms with Crippen LogP contribution in [0.5, 0.6) is 0 Å². The van der Waals surface area contributed by atoms with Gasteiger partial charge in [-0.2, -0.15) is 5.10 Å². The van der Waals surface area contributed by atoms with Gasteiger partial charge >= 0.3 is 11.8 Å². The van der Waals surface area contributed by atoms with Crippen molar-refractivity contribution in [3.8, 4) is 0 Å². The second kappa shape index (κ2) is 10.8. The number of hydrogen-bond donors (Lipinski definition) is 3. The third kappa shape index (κ3) is 6.31. The van der Waals surface area contributed by atoms with Crippen LogP contribution < -0.4 is 16.1 Å². The van der Waals surface area contributed by atoms with Crippen molar-refractivity contribution >= 4 is 70.1 Å². The topological polar surface area (TPSA) is 99.7 Å². The SMILES string of the molecule is O=C(N/N=C\c1ccc(Cl)cc1Cl)C(=O)Nc1ccccc1C(=O)Nc1ccc(Cl)cc1. The van der Waals surface area contributed by atoms with E-state index >= 15 is 0 Å². The summed E-state index contributed by atoms with van der Waals surface area (Å²) in [5, 5.41) is 10.1. The molecule has 0 aromatic heterocycles. The quantitative estimate of drug-likeness (QED) is 0.267. The second-order valence-corrected chi connectivity index (χ2v) is 7.61. The maximum Gasteiger partial charge on any atom is 0.329 e. The normalized spacial score (nSPS) is 10.6. The van der Waals surface area contributed by atoms with Gasteiger partial charge in [0.1, 0.15) is 0 Å². The highest BCUT2D eigenvalue weighted by Crippen LogP contribution is 2.20. The Balaban J connectivity index is 1.64. The minimum Gasteiger partial charge on any atom is -0.322 e. The first-order valence-corrected chi connectivity index (χ1v) is 10.2. The molecule has 162 valence electrons.